The maximum Gasteiger partial charge on any atom is 0.306 e. The first-order valence-electron chi connectivity index (χ1n) is 9.69. The van der Waals surface area contributed by atoms with E-state index in [-0.39, 0.29) is 0 Å². The standard InChI is InChI=1S/C24H25N3O2/c1-3-19(24(28)29)15-21-7-6-8-22(27-21)17(2)20-12-10-18(11-13-20)16-26-23-9-4-5-14-25-23/h4-14,19H,2-3,15-16H2,1H3,(H,25,26)(H,28,29). The highest BCUT2D eigenvalue weighted by molar-refractivity contribution is 5.76. The van der Waals surface area contributed by atoms with Crippen LogP contribution < -0.4 is 5.32 Å². The first kappa shape index (κ1) is 20.3. The molecule has 3 rings (SSSR count). The Balaban J connectivity index is 1.67. The lowest BCUT2D eigenvalue weighted by molar-refractivity contribution is -0.141. The van der Waals surface area contributed by atoms with E-state index in [1.165, 1.54) is 0 Å². The van der Waals surface area contributed by atoms with E-state index in [0.717, 1.165) is 33.9 Å². The van der Waals surface area contributed by atoms with Gasteiger partial charge in [0.05, 0.1) is 11.6 Å². The van der Waals surface area contributed by atoms with Crippen molar-refractivity contribution in [2.45, 2.75) is 26.3 Å². The van der Waals surface area contributed by atoms with Gasteiger partial charge in [-0.1, -0.05) is 49.9 Å². The minimum atomic E-state index is -0.784. The summed E-state index contributed by atoms with van der Waals surface area (Å²) in [5.41, 5.74) is 4.48. The second kappa shape index (κ2) is 9.64. The van der Waals surface area contributed by atoms with Crippen LogP contribution in [0.15, 0.2) is 73.4 Å². The number of anilines is 1. The molecule has 0 saturated carbocycles. The van der Waals surface area contributed by atoms with Crippen molar-refractivity contribution in [3.63, 3.8) is 0 Å². The minimum Gasteiger partial charge on any atom is -0.481 e. The molecule has 2 heterocycles. The molecule has 1 unspecified atom stereocenters. The van der Waals surface area contributed by atoms with E-state index < -0.39 is 11.9 Å². The Morgan fingerprint density at radius 3 is 2.55 bits per heavy atom. The van der Waals surface area contributed by atoms with Crippen LogP contribution in [0.5, 0.6) is 0 Å². The fourth-order valence-electron chi connectivity index (χ4n) is 3.05. The summed E-state index contributed by atoms with van der Waals surface area (Å²) < 4.78 is 0. The Labute approximate surface area is 171 Å². The highest BCUT2D eigenvalue weighted by Gasteiger charge is 2.16. The molecule has 0 spiro atoms. The predicted molar refractivity (Wildman–Crippen MR) is 115 cm³/mol. The second-order valence-corrected chi connectivity index (χ2v) is 6.91. The quantitative estimate of drug-likeness (QED) is 0.551. The predicted octanol–water partition coefficient (Wildman–Crippen LogP) is 4.80. The van der Waals surface area contributed by atoms with Gasteiger partial charge >= 0.3 is 5.97 Å². The second-order valence-electron chi connectivity index (χ2n) is 6.91. The zero-order valence-corrected chi connectivity index (χ0v) is 16.5. The fourth-order valence-corrected chi connectivity index (χ4v) is 3.05. The summed E-state index contributed by atoms with van der Waals surface area (Å²) in [5.74, 6) is -0.362. The highest BCUT2D eigenvalue weighted by atomic mass is 16.4. The van der Waals surface area contributed by atoms with Crippen molar-refractivity contribution < 1.29 is 9.90 Å². The number of nitrogens with zero attached hydrogens (tertiary/aromatic N) is 2. The summed E-state index contributed by atoms with van der Waals surface area (Å²) in [4.78, 5) is 20.2. The fraction of sp³-hybridized carbons (Fsp3) is 0.208. The highest BCUT2D eigenvalue weighted by Crippen LogP contribution is 2.22. The lowest BCUT2D eigenvalue weighted by atomic mass is 9.98. The Hall–Kier alpha value is -3.47. The molecule has 2 aromatic heterocycles. The third-order valence-electron chi connectivity index (χ3n) is 4.85. The molecule has 1 aromatic carbocycles. The average Bonchev–Trinajstić information content (AvgIpc) is 2.76. The zero-order chi connectivity index (χ0) is 20.6. The summed E-state index contributed by atoms with van der Waals surface area (Å²) in [6.45, 7) is 6.76. The Bertz CT molecular complexity index is 969. The van der Waals surface area contributed by atoms with Crippen LogP contribution in [0.2, 0.25) is 0 Å². The lowest BCUT2D eigenvalue weighted by Gasteiger charge is -2.12. The van der Waals surface area contributed by atoms with E-state index in [0.29, 0.717) is 19.4 Å². The summed E-state index contributed by atoms with van der Waals surface area (Å²) >= 11 is 0. The molecule has 5 heteroatoms. The van der Waals surface area contributed by atoms with Crippen molar-refractivity contribution in [2.75, 3.05) is 5.32 Å². The first-order chi connectivity index (χ1) is 14.1. The van der Waals surface area contributed by atoms with Crippen molar-refractivity contribution in [3.05, 3.63) is 96.0 Å². The molecule has 0 aliphatic rings. The van der Waals surface area contributed by atoms with Gasteiger partial charge in [0, 0.05) is 30.4 Å². The van der Waals surface area contributed by atoms with Gasteiger partial charge in [-0.05, 0) is 41.8 Å². The number of aliphatic carboxylic acids is 1. The molecule has 0 radical (unpaired) electrons. The van der Waals surface area contributed by atoms with Gasteiger partial charge in [-0.25, -0.2) is 4.98 Å². The van der Waals surface area contributed by atoms with Crippen molar-refractivity contribution in [2.24, 2.45) is 5.92 Å². The minimum absolute atomic E-state index is 0.420. The third kappa shape index (κ3) is 5.51. The number of hydrogen-bond acceptors (Lipinski definition) is 4. The molecule has 0 fully saturated rings. The molecule has 1 atom stereocenters. The molecule has 0 aliphatic carbocycles. The zero-order valence-electron chi connectivity index (χ0n) is 16.5. The third-order valence-corrected chi connectivity index (χ3v) is 4.85. The Morgan fingerprint density at radius 1 is 1.10 bits per heavy atom. The number of hydrogen-bond donors (Lipinski definition) is 2. The number of benzene rings is 1. The number of carbonyl (C=O) groups is 1. The van der Waals surface area contributed by atoms with Gasteiger partial charge in [0.1, 0.15) is 5.82 Å². The monoisotopic (exact) mass is 387 g/mol. The number of rotatable bonds is 9. The van der Waals surface area contributed by atoms with Gasteiger partial charge < -0.3 is 10.4 Å². The summed E-state index contributed by atoms with van der Waals surface area (Å²) in [6.07, 6.45) is 2.76. The van der Waals surface area contributed by atoms with E-state index in [4.69, 9.17) is 0 Å². The molecule has 0 aliphatic heterocycles. The van der Waals surface area contributed by atoms with E-state index in [9.17, 15) is 9.90 Å². The number of carboxylic acid groups (broad SMARTS) is 1. The molecular weight excluding hydrogens is 362 g/mol. The average molecular weight is 387 g/mol. The molecular formula is C24H25N3O2. The maximum atomic E-state index is 11.3. The molecule has 5 nitrogen and oxygen atoms in total. The van der Waals surface area contributed by atoms with Crippen molar-refractivity contribution in [1.29, 1.82) is 0 Å². The van der Waals surface area contributed by atoms with Crippen LogP contribution >= 0.6 is 0 Å². The number of pyridine rings is 2. The van der Waals surface area contributed by atoms with Crippen molar-refractivity contribution in [3.8, 4) is 0 Å². The number of nitrogens with one attached hydrogen (secondary N) is 1. The molecule has 148 valence electrons. The normalized spacial score (nSPS) is 11.6. The summed E-state index contributed by atoms with van der Waals surface area (Å²) in [7, 11) is 0. The molecule has 0 saturated heterocycles. The van der Waals surface area contributed by atoms with Crippen LogP contribution in [0, 0.1) is 5.92 Å². The van der Waals surface area contributed by atoms with Crippen molar-refractivity contribution >= 4 is 17.4 Å². The van der Waals surface area contributed by atoms with Gasteiger partial charge in [0.2, 0.25) is 0 Å². The molecule has 3 aromatic rings. The van der Waals surface area contributed by atoms with Gasteiger partial charge in [-0.3, -0.25) is 9.78 Å². The largest absolute Gasteiger partial charge is 0.481 e. The van der Waals surface area contributed by atoms with E-state index in [1.807, 2.05) is 55.5 Å². The lowest BCUT2D eigenvalue weighted by Crippen LogP contribution is -2.16. The van der Waals surface area contributed by atoms with Gasteiger partial charge in [0.25, 0.3) is 0 Å². The van der Waals surface area contributed by atoms with Gasteiger partial charge in [-0.2, -0.15) is 0 Å². The maximum absolute atomic E-state index is 11.3. The van der Waals surface area contributed by atoms with Gasteiger partial charge in [0.15, 0.2) is 0 Å². The number of aromatic nitrogens is 2. The number of carboxylic acids is 1. The smallest absolute Gasteiger partial charge is 0.306 e. The van der Waals surface area contributed by atoms with E-state index in [1.54, 1.807) is 6.20 Å². The van der Waals surface area contributed by atoms with E-state index >= 15 is 0 Å². The van der Waals surface area contributed by atoms with Crippen LogP contribution in [-0.4, -0.2) is 21.0 Å². The van der Waals surface area contributed by atoms with Gasteiger partial charge in [-0.15, -0.1) is 0 Å². The molecule has 29 heavy (non-hydrogen) atoms. The summed E-state index contributed by atoms with van der Waals surface area (Å²) in [6, 6.07) is 19.6. The molecule has 0 bridgehead atoms. The van der Waals surface area contributed by atoms with Crippen molar-refractivity contribution in [1.82, 2.24) is 9.97 Å². The van der Waals surface area contributed by atoms with Crippen LogP contribution in [-0.2, 0) is 17.8 Å². The first-order valence-corrected chi connectivity index (χ1v) is 9.69. The SMILES string of the molecule is C=C(c1ccc(CNc2ccccn2)cc1)c1cccc(CC(CC)C(=O)O)n1. The van der Waals surface area contributed by atoms with Crippen LogP contribution in [0.4, 0.5) is 5.82 Å². The Kier molecular flexibility index (Phi) is 6.74. The molecule has 0 amide bonds. The van der Waals surface area contributed by atoms with Crippen LogP contribution in [0.25, 0.3) is 5.57 Å². The van der Waals surface area contributed by atoms with Crippen LogP contribution in [0.1, 0.15) is 35.9 Å². The Morgan fingerprint density at radius 2 is 1.90 bits per heavy atom. The molecule has 2 N–H and O–H groups in total. The summed E-state index contributed by atoms with van der Waals surface area (Å²) in [5, 5.41) is 12.6. The van der Waals surface area contributed by atoms with E-state index in [2.05, 4.69) is 34.0 Å². The topological polar surface area (TPSA) is 75.1 Å². The van der Waals surface area contributed by atoms with Crippen LogP contribution in [0.3, 0.4) is 0 Å².